The van der Waals surface area contributed by atoms with Crippen LogP contribution in [0.2, 0.25) is 0 Å². The number of ether oxygens (including phenoxy) is 2. The lowest BCUT2D eigenvalue weighted by atomic mass is 9.49. The van der Waals surface area contributed by atoms with Gasteiger partial charge in [-0.25, -0.2) is 0 Å². The number of benzene rings is 1. The summed E-state index contributed by atoms with van der Waals surface area (Å²) in [4.78, 5) is 14.6. The van der Waals surface area contributed by atoms with Gasteiger partial charge in [-0.15, -0.1) is 0 Å². The highest BCUT2D eigenvalue weighted by Gasteiger charge is 2.72. The Morgan fingerprint density at radius 1 is 1.48 bits per heavy atom. The Balaban J connectivity index is 1.92. The van der Waals surface area contributed by atoms with Crippen molar-refractivity contribution in [3.63, 3.8) is 0 Å². The lowest BCUT2D eigenvalue weighted by molar-refractivity contribution is -0.185. The van der Waals surface area contributed by atoms with E-state index in [0.717, 1.165) is 0 Å². The highest BCUT2D eigenvalue weighted by atomic mass is 16.5. The number of methoxy groups -OCH3 is 1. The number of Topliss-reactive ketones (excluding diaryl/α,β-unsaturated/α-hetero) is 1. The monoisotopic (exact) mass is 317 g/mol. The second kappa shape index (κ2) is 4.08. The first kappa shape index (κ1) is 11.9. The molecule has 1 aromatic rings. The first-order chi connectivity index (χ1) is 11.8. The van der Waals surface area contributed by atoms with Gasteiger partial charge >= 0.3 is 0 Å². The van der Waals surface area contributed by atoms with Gasteiger partial charge in [-0.05, 0) is 44.4 Å². The zero-order chi connectivity index (χ0) is 17.8. The van der Waals surface area contributed by atoms with Gasteiger partial charge in [0.15, 0.2) is 23.4 Å². The number of aliphatic hydroxyl groups is 1. The minimum Gasteiger partial charge on any atom is -0.493 e. The van der Waals surface area contributed by atoms with Crippen LogP contribution in [0.3, 0.4) is 0 Å². The molecule has 4 aliphatic rings. The van der Waals surface area contributed by atoms with Gasteiger partial charge in [-0.2, -0.15) is 0 Å². The van der Waals surface area contributed by atoms with Crippen molar-refractivity contribution in [1.82, 2.24) is 4.90 Å². The van der Waals surface area contributed by atoms with E-state index in [2.05, 4.69) is 0 Å². The van der Waals surface area contributed by atoms with E-state index < -0.39 is 29.5 Å². The van der Waals surface area contributed by atoms with E-state index in [1.54, 1.807) is 12.1 Å². The maximum Gasteiger partial charge on any atom is 0.174 e. The molecule has 2 bridgehead atoms. The van der Waals surface area contributed by atoms with Crippen molar-refractivity contribution < 1.29 is 22.1 Å². The Bertz CT molecular complexity index is 813. The summed E-state index contributed by atoms with van der Waals surface area (Å²) >= 11 is 0. The molecule has 1 unspecified atom stereocenters. The van der Waals surface area contributed by atoms with Crippen LogP contribution in [-0.4, -0.2) is 54.2 Å². The van der Waals surface area contributed by atoms with Gasteiger partial charge in [-0.1, -0.05) is 6.07 Å². The summed E-state index contributed by atoms with van der Waals surface area (Å²) in [6, 6.07) is 2.72. The molecule has 1 N–H and O–H groups in total. The number of carbonyl (C=O) groups excluding carboxylic acids is 1. The fourth-order valence-corrected chi connectivity index (χ4v) is 5.28. The maximum absolute atomic E-state index is 12.7. The number of likely N-dealkylation sites (N-methyl/N-ethyl adjacent to an activating group) is 1. The molecule has 2 aliphatic carbocycles. The van der Waals surface area contributed by atoms with Gasteiger partial charge in [0, 0.05) is 20.8 Å². The predicted molar refractivity (Wildman–Crippen MR) is 83.0 cm³/mol. The third-order valence-corrected chi connectivity index (χ3v) is 6.33. The number of rotatable bonds is 1. The van der Waals surface area contributed by atoms with E-state index in [1.165, 1.54) is 7.11 Å². The molecule has 0 aromatic heterocycles. The van der Waals surface area contributed by atoms with Gasteiger partial charge in [-0.3, -0.25) is 4.79 Å². The SMILES string of the molecule is [2H]C1([2H])c2ccc(OC)c3c2[C@]24CCN(C)[C@H]1[C@]2(O)CCC(=O)C4O3. The van der Waals surface area contributed by atoms with E-state index in [-0.39, 0.29) is 18.6 Å². The summed E-state index contributed by atoms with van der Waals surface area (Å²) in [6.45, 7) is 0.607. The molecule has 0 amide bonds. The molecule has 1 saturated carbocycles. The van der Waals surface area contributed by atoms with E-state index in [1.807, 2.05) is 11.9 Å². The molecule has 2 fully saturated rings. The number of nitrogens with zero attached hydrogens (tertiary/aromatic N) is 1. The fraction of sp³-hybridized carbons (Fsp3) is 0.611. The average molecular weight is 317 g/mol. The van der Waals surface area contributed by atoms with Crippen LogP contribution >= 0.6 is 0 Å². The normalized spacial score (nSPS) is 44.0. The van der Waals surface area contributed by atoms with Gasteiger partial charge in [0.1, 0.15) is 0 Å². The summed E-state index contributed by atoms with van der Waals surface area (Å²) in [7, 11) is 3.38. The molecule has 5 heteroatoms. The number of ketones is 1. The molecule has 4 atom stereocenters. The largest absolute Gasteiger partial charge is 0.493 e. The van der Waals surface area contributed by atoms with Crippen LogP contribution in [0.4, 0.5) is 0 Å². The molecule has 2 heterocycles. The first-order valence-corrected chi connectivity index (χ1v) is 8.13. The van der Waals surface area contributed by atoms with Gasteiger partial charge in [0.25, 0.3) is 0 Å². The molecule has 1 spiro atoms. The smallest absolute Gasteiger partial charge is 0.174 e. The maximum atomic E-state index is 12.7. The Hall–Kier alpha value is -1.59. The molecule has 0 radical (unpaired) electrons. The van der Waals surface area contributed by atoms with Crippen LogP contribution in [0, 0.1) is 0 Å². The number of hydrogen-bond acceptors (Lipinski definition) is 5. The molecular formula is C18H21NO4. The lowest BCUT2D eigenvalue weighted by Crippen LogP contribution is -2.76. The topological polar surface area (TPSA) is 59.0 Å². The van der Waals surface area contributed by atoms with Gasteiger partial charge < -0.3 is 19.5 Å². The standard InChI is InChI=1S/C18H21NO4/c1-19-8-7-17-14-10-3-4-12(22-2)15(14)23-16(17)11(20)5-6-18(17,21)13(19)9-10/h3-4,13,16,21H,5-9H2,1-2H3/t13-,16?,17+,18-/m1/s1/i9D2. The average Bonchev–Trinajstić information content (AvgIpc) is 2.91. The fourth-order valence-electron chi connectivity index (χ4n) is 5.28. The highest BCUT2D eigenvalue weighted by molar-refractivity contribution is 5.90. The highest BCUT2D eigenvalue weighted by Crippen LogP contribution is 2.64. The number of hydrogen-bond donors (Lipinski definition) is 1. The minimum atomic E-state index is -1.75. The quantitative estimate of drug-likeness (QED) is 0.839. The van der Waals surface area contributed by atoms with Crippen LogP contribution in [0.1, 0.15) is 33.1 Å². The molecular weight excluding hydrogens is 294 g/mol. The summed E-state index contributed by atoms with van der Waals surface area (Å²) < 4.78 is 29.2. The second-order valence-corrected chi connectivity index (χ2v) is 7.16. The van der Waals surface area contributed by atoms with Crippen molar-refractivity contribution in [3.05, 3.63) is 23.3 Å². The lowest BCUT2D eigenvalue weighted by Gasteiger charge is -2.62. The summed E-state index contributed by atoms with van der Waals surface area (Å²) in [5, 5.41) is 11.8. The van der Waals surface area contributed by atoms with Crippen molar-refractivity contribution in [2.24, 2.45) is 0 Å². The van der Waals surface area contributed by atoms with Crippen LogP contribution in [-0.2, 0) is 16.6 Å². The molecule has 5 rings (SSSR count). The van der Waals surface area contributed by atoms with Crippen LogP contribution < -0.4 is 9.47 Å². The van der Waals surface area contributed by atoms with E-state index >= 15 is 0 Å². The molecule has 1 aromatic carbocycles. The van der Waals surface area contributed by atoms with E-state index in [0.29, 0.717) is 35.6 Å². The molecule has 122 valence electrons. The summed E-state index contributed by atoms with van der Waals surface area (Å²) in [5.74, 6) is 0.913. The number of carbonyl (C=O) groups is 1. The van der Waals surface area contributed by atoms with Crippen LogP contribution in [0.5, 0.6) is 11.5 Å². The van der Waals surface area contributed by atoms with E-state index in [4.69, 9.17) is 12.2 Å². The Labute approximate surface area is 138 Å². The molecule has 5 nitrogen and oxygen atoms in total. The van der Waals surface area contributed by atoms with Crippen molar-refractivity contribution in [1.29, 1.82) is 0 Å². The zero-order valence-corrected chi connectivity index (χ0v) is 13.3. The Kier molecular flexibility index (Phi) is 2.11. The Morgan fingerprint density at radius 3 is 3.09 bits per heavy atom. The third-order valence-electron chi connectivity index (χ3n) is 6.33. The Morgan fingerprint density at radius 2 is 2.30 bits per heavy atom. The minimum absolute atomic E-state index is 0.0142. The summed E-state index contributed by atoms with van der Waals surface area (Å²) in [5.41, 5.74) is -1.06. The molecule has 23 heavy (non-hydrogen) atoms. The van der Waals surface area contributed by atoms with Gasteiger partial charge in [0.2, 0.25) is 0 Å². The third kappa shape index (κ3) is 1.32. The van der Waals surface area contributed by atoms with E-state index in [9.17, 15) is 9.90 Å². The molecule has 1 saturated heterocycles. The van der Waals surface area contributed by atoms with Crippen LogP contribution in [0.25, 0.3) is 0 Å². The predicted octanol–water partition coefficient (Wildman–Crippen LogP) is 1.05. The van der Waals surface area contributed by atoms with Crippen molar-refractivity contribution in [3.8, 4) is 11.5 Å². The first-order valence-electron chi connectivity index (χ1n) is 9.13. The second-order valence-electron chi connectivity index (χ2n) is 7.16. The molecule has 2 aliphatic heterocycles. The van der Waals surface area contributed by atoms with Crippen molar-refractivity contribution in [2.75, 3.05) is 20.7 Å². The van der Waals surface area contributed by atoms with Crippen molar-refractivity contribution >= 4 is 5.78 Å². The zero-order valence-electron chi connectivity index (χ0n) is 15.3. The van der Waals surface area contributed by atoms with Gasteiger partial charge in [0.05, 0.1) is 18.1 Å². The number of likely N-dealkylation sites (tertiary alicyclic amines) is 1. The number of piperidine rings is 1. The van der Waals surface area contributed by atoms with Crippen LogP contribution in [0.15, 0.2) is 12.1 Å². The van der Waals surface area contributed by atoms with Crippen molar-refractivity contribution in [2.45, 2.75) is 48.8 Å². The summed E-state index contributed by atoms with van der Waals surface area (Å²) in [6.07, 6.45) is -1.48.